The van der Waals surface area contributed by atoms with E-state index in [1.165, 1.54) is 4.90 Å². The smallest absolute Gasteiger partial charge is 0.294 e. The lowest BCUT2D eigenvalue weighted by Gasteiger charge is -2.27. The summed E-state index contributed by atoms with van der Waals surface area (Å²) in [7, 11) is 0. The van der Waals surface area contributed by atoms with Crippen molar-refractivity contribution in [1.82, 2.24) is 4.98 Å². The SMILES string of the molecule is CCC(=O)C1=C(O)C(=O)N(c2cccc3ccccc23)C1c1cccnc1. The number of Topliss-reactive ketones (excluding diaryl/α,β-unsaturated/α-hetero) is 1. The number of aliphatic hydroxyl groups is 1. The lowest BCUT2D eigenvalue weighted by molar-refractivity contribution is -0.118. The predicted molar refractivity (Wildman–Crippen MR) is 103 cm³/mol. The van der Waals surface area contributed by atoms with Crippen LogP contribution in [0.5, 0.6) is 0 Å². The zero-order valence-electron chi connectivity index (χ0n) is 14.8. The van der Waals surface area contributed by atoms with Crippen molar-refractivity contribution in [2.75, 3.05) is 4.90 Å². The van der Waals surface area contributed by atoms with E-state index < -0.39 is 17.7 Å². The van der Waals surface area contributed by atoms with Crippen LogP contribution >= 0.6 is 0 Å². The maximum atomic E-state index is 13.0. The normalized spacial score (nSPS) is 17.0. The first-order valence-corrected chi connectivity index (χ1v) is 8.81. The number of anilines is 1. The van der Waals surface area contributed by atoms with Gasteiger partial charge in [-0.25, -0.2) is 0 Å². The van der Waals surface area contributed by atoms with E-state index in [0.717, 1.165) is 10.8 Å². The minimum absolute atomic E-state index is 0.128. The molecular formula is C22H18N2O3. The van der Waals surface area contributed by atoms with Gasteiger partial charge in [-0.1, -0.05) is 49.4 Å². The number of hydrogen-bond acceptors (Lipinski definition) is 4. The highest BCUT2D eigenvalue weighted by Gasteiger charge is 2.44. The van der Waals surface area contributed by atoms with Crippen LogP contribution in [0.3, 0.4) is 0 Å². The lowest BCUT2D eigenvalue weighted by atomic mass is 9.95. The zero-order valence-corrected chi connectivity index (χ0v) is 14.8. The molecule has 0 spiro atoms. The monoisotopic (exact) mass is 358 g/mol. The number of pyridine rings is 1. The molecule has 3 aromatic rings. The number of nitrogens with zero attached hydrogens (tertiary/aromatic N) is 2. The molecule has 1 unspecified atom stereocenters. The van der Waals surface area contributed by atoms with Crippen molar-refractivity contribution in [3.8, 4) is 0 Å². The van der Waals surface area contributed by atoms with Crippen molar-refractivity contribution >= 4 is 28.2 Å². The first-order valence-electron chi connectivity index (χ1n) is 8.81. The standard InChI is InChI=1S/C22H18N2O3/c1-2-18(25)19-20(15-9-6-12-23-13-15)24(22(27)21(19)26)17-11-5-8-14-7-3-4-10-16(14)17/h3-13,20,26H,2H2,1H3. The number of ketones is 1. The summed E-state index contributed by atoms with van der Waals surface area (Å²) in [5.74, 6) is -1.31. The van der Waals surface area contributed by atoms with E-state index in [1.54, 1.807) is 25.4 Å². The van der Waals surface area contributed by atoms with Gasteiger partial charge < -0.3 is 5.11 Å². The van der Waals surface area contributed by atoms with E-state index in [9.17, 15) is 14.7 Å². The molecule has 0 radical (unpaired) electrons. The molecule has 1 atom stereocenters. The molecule has 0 fully saturated rings. The van der Waals surface area contributed by atoms with Gasteiger partial charge in [0.2, 0.25) is 0 Å². The maximum Gasteiger partial charge on any atom is 0.294 e. The topological polar surface area (TPSA) is 70.5 Å². The van der Waals surface area contributed by atoms with Crippen LogP contribution in [0, 0.1) is 0 Å². The fourth-order valence-corrected chi connectivity index (χ4v) is 3.60. The molecule has 1 amide bonds. The minimum Gasteiger partial charge on any atom is -0.503 e. The highest BCUT2D eigenvalue weighted by molar-refractivity contribution is 6.18. The van der Waals surface area contributed by atoms with Crippen LogP contribution in [0.25, 0.3) is 10.8 Å². The second-order valence-electron chi connectivity index (χ2n) is 6.40. The molecule has 0 saturated heterocycles. The largest absolute Gasteiger partial charge is 0.503 e. The zero-order chi connectivity index (χ0) is 19.0. The highest BCUT2D eigenvalue weighted by atomic mass is 16.3. The van der Waals surface area contributed by atoms with Gasteiger partial charge >= 0.3 is 0 Å². The lowest BCUT2D eigenvalue weighted by Crippen LogP contribution is -2.31. The van der Waals surface area contributed by atoms with E-state index >= 15 is 0 Å². The Bertz CT molecular complexity index is 1070. The fraction of sp³-hybridized carbons (Fsp3) is 0.136. The van der Waals surface area contributed by atoms with Gasteiger partial charge in [-0.3, -0.25) is 19.5 Å². The first-order chi connectivity index (χ1) is 13.1. The summed E-state index contributed by atoms with van der Waals surface area (Å²) in [5.41, 5.74) is 1.46. The van der Waals surface area contributed by atoms with Gasteiger partial charge in [0.05, 0.1) is 17.3 Å². The summed E-state index contributed by atoms with van der Waals surface area (Å²) in [5, 5.41) is 12.4. The molecule has 1 aliphatic rings. The number of carbonyl (C=O) groups is 2. The van der Waals surface area contributed by atoms with E-state index in [0.29, 0.717) is 11.3 Å². The Morgan fingerprint density at radius 1 is 1.11 bits per heavy atom. The van der Waals surface area contributed by atoms with Gasteiger partial charge in [0.25, 0.3) is 5.91 Å². The Labute approximate surface area is 156 Å². The predicted octanol–water partition coefficient (Wildman–Crippen LogP) is 4.11. The molecule has 0 saturated carbocycles. The number of carbonyl (C=O) groups excluding carboxylic acids is 2. The van der Waals surface area contributed by atoms with E-state index in [1.807, 2.05) is 48.5 Å². The van der Waals surface area contributed by atoms with E-state index in [-0.39, 0.29) is 17.8 Å². The summed E-state index contributed by atoms with van der Waals surface area (Å²) in [6, 6.07) is 16.2. The van der Waals surface area contributed by atoms with Gasteiger partial charge in [-0.2, -0.15) is 0 Å². The number of fused-ring (bicyclic) bond motifs is 1. The third-order valence-corrected chi connectivity index (χ3v) is 4.86. The number of amides is 1. The number of rotatable bonds is 4. The average Bonchev–Trinajstić information content (AvgIpc) is 2.98. The molecule has 0 aliphatic carbocycles. The average molecular weight is 358 g/mol. The van der Waals surface area contributed by atoms with Gasteiger partial charge in [0.1, 0.15) is 0 Å². The second kappa shape index (κ2) is 6.68. The molecule has 5 heteroatoms. The van der Waals surface area contributed by atoms with E-state index in [4.69, 9.17) is 0 Å². The number of aliphatic hydroxyl groups excluding tert-OH is 1. The second-order valence-corrected chi connectivity index (χ2v) is 6.40. The molecule has 27 heavy (non-hydrogen) atoms. The summed E-state index contributed by atoms with van der Waals surface area (Å²) < 4.78 is 0. The molecule has 134 valence electrons. The maximum absolute atomic E-state index is 13.0. The molecule has 5 nitrogen and oxygen atoms in total. The molecule has 1 N–H and O–H groups in total. The Morgan fingerprint density at radius 2 is 1.89 bits per heavy atom. The molecule has 2 aromatic carbocycles. The van der Waals surface area contributed by atoms with Crippen molar-refractivity contribution in [2.24, 2.45) is 0 Å². The van der Waals surface area contributed by atoms with Crippen LogP contribution in [-0.2, 0) is 9.59 Å². The van der Waals surface area contributed by atoms with Crippen LogP contribution in [-0.4, -0.2) is 21.8 Å². The van der Waals surface area contributed by atoms with Crippen molar-refractivity contribution in [1.29, 1.82) is 0 Å². The quantitative estimate of drug-likeness (QED) is 0.762. The van der Waals surface area contributed by atoms with Gasteiger partial charge in [-0.15, -0.1) is 0 Å². The molecule has 0 bridgehead atoms. The Hall–Kier alpha value is -3.47. The number of benzene rings is 2. The Morgan fingerprint density at radius 3 is 2.63 bits per heavy atom. The van der Waals surface area contributed by atoms with Crippen molar-refractivity contribution in [2.45, 2.75) is 19.4 Å². The van der Waals surface area contributed by atoms with Crippen LogP contribution in [0.1, 0.15) is 24.9 Å². The van der Waals surface area contributed by atoms with Crippen molar-refractivity contribution in [3.63, 3.8) is 0 Å². The number of hydrogen-bond donors (Lipinski definition) is 1. The van der Waals surface area contributed by atoms with Gasteiger partial charge in [-0.05, 0) is 23.1 Å². The molecule has 1 aromatic heterocycles. The highest BCUT2D eigenvalue weighted by Crippen LogP contribution is 2.43. The summed E-state index contributed by atoms with van der Waals surface area (Å²) >= 11 is 0. The van der Waals surface area contributed by atoms with Crippen molar-refractivity contribution < 1.29 is 14.7 Å². The first kappa shape index (κ1) is 17.0. The minimum atomic E-state index is -0.704. The van der Waals surface area contributed by atoms with Gasteiger partial charge in [0.15, 0.2) is 11.5 Å². The van der Waals surface area contributed by atoms with Crippen LogP contribution in [0.4, 0.5) is 5.69 Å². The van der Waals surface area contributed by atoms with Crippen molar-refractivity contribution in [3.05, 3.63) is 83.9 Å². The third kappa shape index (κ3) is 2.68. The number of aromatic nitrogens is 1. The van der Waals surface area contributed by atoms with Gasteiger partial charge in [0, 0.05) is 24.2 Å². The summed E-state index contributed by atoms with van der Waals surface area (Å²) in [6.45, 7) is 1.72. The van der Waals surface area contributed by atoms with Crippen LogP contribution in [0.15, 0.2) is 78.3 Å². The van der Waals surface area contributed by atoms with Crippen LogP contribution < -0.4 is 4.90 Å². The fourth-order valence-electron chi connectivity index (χ4n) is 3.60. The van der Waals surface area contributed by atoms with E-state index in [2.05, 4.69) is 4.98 Å². The molecule has 4 rings (SSSR count). The Kier molecular flexibility index (Phi) is 4.20. The molecule has 1 aliphatic heterocycles. The summed E-state index contributed by atoms with van der Waals surface area (Å²) in [4.78, 5) is 31.2. The summed E-state index contributed by atoms with van der Waals surface area (Å²) in [6.07, 6.45) is 3.46. The third-order valence-electron chi connectivity index (χ3n) is 4.86. The molecule has 2 heterocycles. The molecular weight excluding hydrogens is 340 g/mol. The Balaban J connectivity index is 1.96. The van der Waals surface area contributed by atoms with Crippen LogP contribution in [0.2, 0.25) is 0 Å².